The number of amides is 2. The summed E-state index contributed by atoms with van der Waals surface area (Å²) in [4.78, 5) is 28.8. The van der Waals surface area contributed by atoms with Crippen LogP contribution in [0.25, 0.3) is 0 Å². The summed E-state index contributed by atoms with van der Waals surface area (Å²) >= 11 is 5.88. The van der Waals surface area contributed by atoms with Gasteiger partial charge in [-0.1, -0.05) is 11.6 Å². The third kappa shape index (κ3) is 2.77. The molecule has 2 heterocycles. The van der Waals surface area contributed by atoms with Crippen molar-refractivity contribution in [3.63, 3.8) is 0 Å². The van der Waals surface area contributed by atoms with Crippen LogP contribution in [-0.4, -0.2) is 47.5 Å². The molecule has 1 aromatic rings. The van der Waals surface area contributed by atoms with Gasteiger partial charge in [-0.3, -0.25) is 9.59 Å². The van der Waals surface area contributed by atoms with Crippen molar-refractivity contribution < 1.29 is 14.3 Å². The van der Waals surface area contributed by atoms with Crippen LogP contribution >= 0.6 is 11.6 Å². The number of anilines is 1. The first-order valence-corrected chi connectivity index (χ1v) is 5.97. The summed E-state index contributed by atoms with van der Waals surface area (Å²) < 4.78 is 5.15. The molecule has 1 unspecified atom stereocenters. The molecule has 2 rings (SSSR count). The van der Waals surface area contributed by atoms with Gasteiger partial charge in [-0.2, -0.15) is 0 Å². The minimum absolute atomic E-state index is 0.0360. The minimum Gasteiger partial charge on any atom is -0.397 e. The van der Waals surface area contributed by atoms with Crippen molar-refractivity contribution in [2.75, 3.05) is 25.5 Å². The summed E-state index contributed by atoms with van der Waals surface area (Å²) in [6, 6.07) is 0.615. The summed E-state index contributed by atoms with van der Waals surface area (Å²) in [7, 11) is 0. The normalized spacial score (nSPS) is 19.2. The van der Waals surface area contributed by atoms with E-state index in [0.29, 0.717) is 12.3 Å². The van der Waals surface area contributed by atoms with Crippen molar-refractivity contribution in [3.05, 3.63) is 23.0 Å². The average molecular weight is 285 g/mol. The fraction of sp³-hybridized carbons (Fsp3) is 0.364. The molecule has 4 N–H and O–H groups in total. The second kappa shape index (κ2) is 5.41. The van der Waals surface area contributed by atoms with Crippen LogP contribution in [0.1, 0.15) is 10.4 Å². The number of rotatable bonds is 2. The van der Waals surface area contributed by atoms with Gasteiger partial charge in [-0.15, -0.1) is 0 Å². The van der Waals surface area contributed by atoms with Crippen LogP contribution in [0.4, 0.5) is 5.69 Å². The third-order valence-corrected chi connectivity index (χ3v) is 3.11. The van der Waals surface area contributed by atoms with Gasteiger partial charge in [0.1, 0.15) is 11.2 Å². The van der Waals surface area contributed by atoms with Crippen LogP contribution in [0.15, 0.2) is 12.3 Å². The predicted octanol–water partition coefficient (Wildman–Crippen LogP) is -0.356. The predicted molar refractivity (Wildman–Crippen MR) is 68.5 cm³/mol. The number of nitrogen functional groups attached to an aromatic ring is 1. The largest absolute Gasteiger partial charge is 0.397 e. The van der Waals surface area contributed by atoms with Crippen LogP contribution < -0.4 is 11.5 Å². The van der Waals surface area contributed by atoms with Crippen molar-refractivity contribution in [2.45, 2.75) is 6.04 Å². The van der Waals surface area contributed by atoms with Gasteiger partial charge in [-0.05, 0) is 6.07 Å². The Bertz CT molecular complexity index is 523. The SMILES string of the molecule is NC(=O)C1COCCN1C(=O)c1cc(N)cnc1Cl. The zero-order valence-electron chi connectivity index (χ0n) is 10.0. The number of hydrogen-bond donors (Lipinski definition) is 2. The average Bonchev–Trinajstić information content (AvgIpc) is 2.40. The van der Waals surface area contributed by atoms with E-state index in [9.17, 15) is 9.59 Å². The molecule has 0 aliphatic carbocycles. The quantitative estimate of drug-likeness (QED) is 0.721. The van der Waals surface area contributed by atoms with Crippen LogP contribution in [0.5, 0.6) is 0 Å². The number of carbonyl (C=O) groups excluding carboxylic acids is 2. The topological polar surface area (TPSA) is 112 Å². The zero-order chi connectivity index (χ0) is 14.0. The number of nitrogens with two attached hydrogens (primary N) is 2. The molecule has 1 saturated heterocycles. The highest BCUT2D eigenvalue weighted by Gasteiger charge is 2.33. The van der Waals surface area contributed by atoms with E-state index in [0.717, 1.165) is 0 Å². The Balaban J connectivity index is 2.31. The molecule has 0 aromatic carbocycles. The summed E-state index contributed by atoms with van der Waals surface area (Å²) in [5, 5.41) is 0.0360. The lowest BCUT2D eigenvalue weighted by atomic mass is 10.1. The van der Waals surface area contributed by atoms with Gasteiger partial charge in [0.25, 0.3) is 5.91 Å². The second-order valence-corrected chi connectivity index (χ2v) is 4.46. The van der Waals surface area contributed by atoms with Crippen molar-refractivity contribution in [1.29, 1.82) is 0 Å². The molecule has 102 valence electrons. The fourth-order valence-electron chi connectivity index (χ4n) is 1.85. The van der Waals surface area contributed by atoms with E-state index in [1.165, 1.54) is 17.2 Å². The lowest BCUT2D eigenvalue weighted by Crippen LogP contribution is -2.54. The number of halogens is 1. The van der Waals surface area contributed by atoms with E-state index in [4.69, 9.17) is 27.8 Å². The molecule has 7 nitrogen and oxygen atoms in total. The van der Waals surface area contributed by atoms with Gasteiger partial charge in [0, 0.05) is 6.54 Å². The number of primary amides is 1. The molecular weight excluding hydrogens is 272 g/mol. The first kappa shape index (κ1) is 13.6. The lowest BCUT2D eigenvalue weighted by molar-refractivity contribution is -0.127. The van der Waals surface area contributed by atoms with Gasteiger partial charge in [-0.25, -0.2) is 4.98 Å². The Labute approximate surface area is 114 Å². The fourth-order valence-corrected chi connectivity index (χ4v) is 2.04. The summed E-state index contributed by atoms with van der Waals surface area (Å²) in [6.45, 7) is 0.675. The Morgan fingerprint density at radius 2 is 2.26 bits per heavy atom. The molecule has 2 amide bonds. The van der Waals surface area contributed by atoms with E-state index in [2.05, 4.69) is 4.98 Å². The monoisotopic (exact) mass is 284 g/mol. The number of pyridine rings is 1. The van der Waals surface area contributed by atoms with Crippen molar-refractivity contribution >= 4 is 29.1 Å². The smallest absolute Gasteiger partial charge is 0.257 e. The number of nitrogens with zero attached hydrogens (tertiary/aromatic N) is 2. The van der Waals surface area contributed by atoms with Gasteiger partial charge in [0.2, 0.25) is 5.91 Å². The maximum Gasteiger partial charge on any atom is 0.257 e. The van der Waals surface area contributed by atoms with Crippen molar-refractivity contribution in [2.24, 2.45) is 5.73 Å². The van der Waals surface area contributed by atoms with E-state index in [1.807, 2.05) is 0 Å². The molecule has 1 atom stereocenters. The lowest BCUT2D eigenvalue weighted by Gasteiger charge is -2.33. The third-order valence-electron chi connectivity index (χ3n) is 2.81. The highest BCUT2D eigenvalue weighted by molar-refractivity contribution is 6.32. The maximum absolute atomic E-state index is 12.4. The highest BCUT2D eigenvalue weighted by Crippen LogP contribution is 2.20. The van der Waals surface area contributed by atoms with Gasteiger partial charge >= 0.3 is 0 Å². The standard InChI is InChI=1S/C11H13ClN4O3/c12-9-7(3-6(13)4-15-9)11(18)16-1-2-19-5-8(16)10(14)17/h3-4,8H,1-2,5,13H2,(H2,14,17). The molecule has 1 aliphatic heterocycles. The molecule has 0 bridgehead atoms. The Morgan fingerprint density at radius 1 is 1.53 bits per heavy atom. The summed E-state index contributed by atoms with van der Waals surface area (Å²) in [5.74, 6) is -1.06. The minimum atomic E-state index is -0.807. The molecular formula is C11H13ClN4O3. The van der Waals surface area contributed by atoms with Crippen LogP contribution in [0, 0.1) is 0 Å². The van der Waals surface area contributed by atoms with Gasteiger partial charge < -0.3 is 21.1 Å². The van der Waals surface area contributed by atoms with Crippen LogP contribution in [0.3, 0.4) is 0 Å². The summed E-state index contributed by atoms with van der Waals surface area (Å²) in [5.41, 5.74) is 11.3. The molecule has 1 fully saturated rings. The number of hydrogen-bond acceptors (Lipinski definition) is 5. The molecule has 0 saturated carbocycles. The second-order valence-electron chi connectivity index (χ2n) is 4.10. The zero-order valence-corrected chi connectivity index (χ0v) is 10.8. The molecule has 1 aromatic heterocycles. The molecule has 8 heteroatoms. The van der Waals surface area contributed by atoms with Crippen LogP contribution in [-0.2, 0) is 9.53 Å². The van der Waals surface area contributed by atoms with E-state index < -0.39 is 17.9 Å². The Morgan fingerprint density at radius 3 is 2.95 bits per heavy atom. The molecule has 1 aliphatic rings. The van der Waals surface area contributed by atoms with Gasteiger partial charge in [0.15, 0.2) is 0 Å². The molecule has 19 heavy (non-hydrogen) atoms. The number of aromatic nitrogens is 1. The number of carbonyl (C=O) groups is 2. The maximum atomic E-state index is 12.4. The van der Waals surface area contributed by atoms with Crippen LogP contribution in [0.2, 0.25) is 5.15 Å². The van der Waals surface area contributed by atoms with Crippen molar-refractivity contribution in [1.82, 2.24) is 9.88 Å². The molecule has 0 radical (unpaired) electrons. The highest BCUT2D eigenvalue weighted by atomic mass is 35.5. The van der Waals surface area contributed by atoms with Crippen molar-refractivity contribution in [3.8, 4) is 0 Å². The Hall–Kier alpha value is -1.86. The summed E-state index contributed by atoms with van der Waals surface area (Å²) in [6.07, 6.45) is 1.35. The number of ether oxygens (including phenoxy) is 1. The number of morpholine rings is 1. The van der Waals surface area contributed by atoms with E-state index >= 15 is 0 Å². The van der Waals surface area contributed by atoms with E-state index in [1.54, 1.807) is 0 Å². The Kier molecular flexibility index (Phi) is 3.87. The first-order chi connectivity index (χ1) is 9.00. The van der Waals surface area contributed by atoms with E-state index in [-0.39, 0.29) is 23.9 Å². The van der Waals surface area contributed by atoms with Gasteiger partial charge in [0.05, 0.1) is 30.7 Å². The molecule has 0 spiro atoms. The first-order valence-electron chi connectivity index (χ1n) is 5.59.